The summed E-state index contributed by atoms with van der Waals surface area (Å²) in [6.07, 6.45) is 12.3. The van der Waals surface area contributed by atoms with Crippen LogP contribution >= 0.6 is 0 Å². The number of unbranched alkanes of at least 4 members (excludes halogenated alkanes) is 2. The molecule has 0 amide bonds. The molecular formula is C21H31NO. The molecule has 1 aromatic carbocycles. The first-order valence-electron chi connectivity index (χ1n) is 9.29. The van der Waals surface area contributed by atoms with Crippen LogP contribution in [0.15, 0.2) is 36.4 Å². The number of ketones is 1. The number of benzene rings is 1. The van der Waals surface area contributed by atoms with E-state index in [2.05, 4.69) is 11.8 Å². The molecule has 0 saturated carbocycles. The third-order valence-corrected chi connectivity index (χ3v) is 4.73. The summed E-state index contributed by atoms with van der Waals surface area (Å²) in [5, 5.41) is 0. The van der Waals surface area contributed by atoms with E-state index in [0.717, 1.165) is 18.5 Å². The Balaban J connectivity index is 1.93. The molecule has 0 aromatic heterocycles. The molecule has 1 heterocycles. The zero-order chi connectivity index (χ0) is 16.3. The van der Waals surface area contributed by atoms with Crippen molar-refractivity contribution in [2.24, 2.45) is 5.92 Å². The molecule has 2 nitrogen and oxygen atoms in total. The Morgan fingerprint density at radius 1 is 1.13 bits per heavy atom. The Morgan fingerprint density at radius 2 is 1.87 bits per heavy atom. The Kier molecular flexibility index (Phi) is 8.10. The molecule has 1 aliphatic rings. The standard InChI is InChI=1S/C21H31NO/c1-2-3-6-13-20(18-22-16-9-5-10-17-22)21(23)15-14-19-11-7-4-8-12-19/h4,7-8,11-12,14-15,20H,2-3,5-6,9-10,13,16-18H2,1H3/b15-14+/t20-/m1/s1. The lowest BCUT2D eigenvalue weighted by Gasteiger charge is -2.29. The topological polar surface area (TPSA) is 20.3 Å². The zero-order valence-electron chi connectivity index (χ0n) is 14.5. The van der Waals surface area contributed by atoms with Gasteiger partial charge in [0.1, 0.15) is 0 Å². The molecule has 0 unspecified atom stereocenters. The molecule has 1 atom stereocenters. The van der Waals surface area contributed by atoms with Crippen LogP contribution in [0.3, 0.4) is 0 Å². The van der Waals surface area contributed by atoms with Crippen LogP contribution in [0.2, 0.25) is 0 Å². The van der Waals surface area contributed by atoms with Crippen molar-refractivity contribution in [2.75, 3.05) is 19.6 Å². The summed E-state index contributed by atoms with van der Waals surface area (Å²) < 4.78 is 0. The van der Waals surface area contributed by atoms with E-state index in [0.29, 0.717) is 5.78 Å². The molecule has 23 heavy (non-hydrogen) atoms. The van der Waals surface area contributed by atoms with Gasteiger partial charge >= 0.3 is 0 Å². The van der Waals surface area contributed by atoms with Gasteiger partial charge in [-0.25, -0.2) is 0 Å². The first kappa shape index (κ1) is 17.9. The molecule has 0 aliphatic carbocycles. The normalized spacial score (nSPS) is 17.4. The molecule has 1 fully saturated rings. The average Bonchev–Trinajstić information content (AvgIpc) is 2.61. The molecule has 1 saturated heterocycles. The molecule has 2 rings (SSSR count). The molecule has 1 aliphatic heterocycles. The maximum Gasteiger partial charge on any atom is 0.160 e. The number of carbonyl (C=O) groups excluding carboxylic acids is 1. The van der Waals surface area contributed by atoms with Gasteiger partial charge in [-0.1, -0.05) is 69.0 Å². The number of carbonyl (C=O) groups is 1. The third kappa shape index (κ3) is 6.70. The summed E-state index contributed by atoms with van der Waals surface area (Å²) in [6, 6.07) is 10.1. The summed E-state index contributed by atoms with van der Waals surface area (Å²) in [7, 11) is 0. The fourth-order valence-corrected chi connectivity index (χ4v) is 3.30. The molecule has 2 heteroatoms. The second-order valence-corrected chi connectivity index (χ2v) is 6.70. The fraction of sp³-hybridized carbons (Fsp3) is 0.571. The van der Waals surface area contributed by atoms with E-state index < -0.39 is 0 Å². The van der Waals surface area contributed by atoms with Gasteiger partial charge < -0.3 is 4.90 Å². The summed E-state index contributed by atoms with van der Waals surface area (Å²) in [4.78, 5) is 15.2. The molecule has 0 bridgehead atoms. The monoisotopic (exact) mass is 313 g/mol. The smallest absolute Gasteiger partial charge is 0.160 e. The van der Waals surface area contributed by atoms with E-state index >= 15 is 0 Å². The number of piperidine rings is 1. The van der Waals surface area contributed by atoms with Crippen LogP contribution in [0, 0.1) is 5.92 Å². The second kappa shape index (κ2) is 10.4. The van der Waals surface area contributed by atoms with Gasteiger partial charge in [-0.15, -0.1) is 0 Å². The van der Waals surface area contributed by atoms with Crippen LogP contribution in [0.4, 0.5) is 0 Å². The average molecular weight is 313 g/mol. The Morgan fingerprint density at radius 3 is 2.57 bits per heavy atom. The lowest BCUT2D eigenvalue weighted by molar-refractivity contribution is -0.119. The fourth-order valence-electron chi connectivity index (χ4n) is 3.30. The quantitative estimate of drug-likeness (QED) is 0.475. The predicted molar refractivity (Wildman–Crippen MR) is 98.4 cm³/mol. The molecule has 1 aromatic rings. The first-order valence-corrected chi connectivity index (χ1v) is 9.29. The van der Waals surface area contributed by atoms with Gasteiger partial charge in [0, 0.05) is 12.5 Å². The van der Waals surface area contributed by atoms with Crippen molar-refractivity contribution in [1.29, 1.82) is 0 Å². The third-order valence-electron chi connectivity index (χ3n) is 4.73. The molecule has 0 spiro atoms. The number of hydrogen-bond acceptors (Lipinski definition) is 2. The minimum atomic E-state index is 0.166. The maximum atomic E-state index is 12.7. The number of rotatable bonds is 9. The Bertz CT molecular complexity index is 474. The highest BCUT2D eigenvalue weighted by atomic mass is 16.1. The summed E-state index contributed by atoms with van der Waals surface area (Å²) in [5.41, 5.74) is 1.10. The summed E-state index contributed by atoms with van der Waals surface area (Å²) >= 11 is 0. The highest BCUT2D eigenvalue weighted by molar-refractivity contribution is 5.95. The van der Waals surface area contributed by atoms with Crippen LogP contribution < -0.4 is 0 Å². The Labute approximate surface area is 141 Å². The molecular weight excluding hydrogens is 282 g/mol. The number of allylic oxidation sites excluding steroid dienone is 1. The van der Waals surface area contributed by atoms with Gasteiger partial charge in [0.2, 0.25) is 0 Å². The van der Waals surface area contributed by atoms with Gasteiger partial charge in [0.05, 0.1) is 0 Å². The van der Waals surface area contributed by atoms with Gasteiger partial charge in [-0.2, -0.15) is 0 Å². The van der Waals surface area contributed by atoms with Crippen molar-refractivity contribution in [2.45, 2.75) is 51.9 Å². The number of likely N-dealkylation sites (tertiary alicyclic amines) is 1. The minimum Gasteiger partial charge on any atom is -0.303 e. The van der Waals surface area contributed by atoms with E-state index in [1.807, 2.05) is 36.4 Å². The first-order chi connectivity index (χ1) is 11.3. The highest BCUT2D eigenvalue weighted by Crippen LogP contribution is 2.17. The van der Waals surface area contributed by atoms with Gasteiger partial charge in [0.15, 0.2) is 5.78 Å². The van der Waals surface area contributed by atoms with E-state index in [1.165, 1.54) is 51.6 Å². The molecule has 0 radical (unpaired) electrons. The lowest BCUT2D eigenvalue weighted by atomic mass is 9.94. The van der Waals surface area contributed by atoms with Crippen molar-refractivity contribution in [3.63, 3.8) is 0 Å². The van der Waals surface area contributed by atoms with Crippen LogP contribution in [0.1, 0.15) is 57.4 Å². The number of nitrogens with zero attached hydrogens (tertiary/aromatic N) is 1. The largest absolute Gasteiger partial charge is 0.303 e. The van der Waals surface area contributed by atoms with E-state index in [9.17, 15) is 4.79 Å². The summed E-state index contributed by atoms with van der Waals surface area (Å²) in [5.74, 6) is 0.468. The second-order valence-electron chi connectivity index (χ2n) is 6.70. The van der Waals surface area contributed by atoms with Crippen molar-refractivity contribution >= 4 is 11.9 Å². The van der Waals surface area contributed by atoms with Crippen LogP contribution in [0.5, 0.6) is 0 Å². The molecule has 126 valence electrons. The van der Waals surface area contributed by atoms with Crippen molar-refractivity contribution in [3.05, 3.63) is 42.0 Å². The van der Waals surface area contributed by atoms with Crippen molar-refractivity contribution in [3.8, 4) is 0 Å². The van der Waals surface area contributed by atoms with Gasteiger partial charge in [0.25, 0.3) is 0 Å². The van der Waals surface area contributed by atoms with Crippen molar-refractivity contribution < 1.29 is 4.79 Å². The zero-order valence-corrected chi connectivity index (χ0v) is 14.5. The van der Waals surface area contributed by atoms with Crippen LogP contribution in [-0.4, -0.2) is 30.3 Å². The van der Waals surface area contributed by atoms with E-state index in [4.69, 9.17) is 0 Å². The number of hydrogen-bond donors (Lipinski definition) is 0. The van der Waals surface area contributed by atoms with Gasteiger partial charge in [-0.3, -0.25) is 4.79 Å². The van der Waals surface area contributed by atoms with Crippen molar-refractivity contribution in [1.82, 2.24) is 4.90 Å². The summed E-state index contributed by atoms with van der Waals surface area (Å²) in [6.45, 7) is 5.50. The van der Waals surface area contributed by atoms with E-state index in [-0.39, 0.29) is 5.92 Å². The minimum absolute atomic E-state index is 0.166. The highest BCUT2D eigenvalue weighted by Gasteiger charge is 2.20. The Hall–Kier alpha value is -1.41. The SMILES string of the molecule is CCCCC[C@H](CN1CCCCC1)C(=O)/C=C/c1ccccc1. The maximum absolute atomic E-state index is 12.7. The van der Waals surface area contributed by atoms with E-state index in [1.54, 1.807) is 6.08 Å². The molecule has 0 N–H and O–H groups in total. The predicted octanol–water partition coefficient (Wildman–Crippen LogP) is 4.95. The van der Waals surface area contributed by atoms with Crippen LogP contribution in [0.25, 0.3) is 6.08 Å². The lowest BCUT2D eigenvalue weighted by Crippen LogP contribution is -2.36. The van der Waals surface area contributed by atoms with Gasteiger partial charge in [-0.05, 0) is 44.0 Å². The van der Waals surface area contributed by atoms with Crippen LogP contribution in [-0.2, 0) is 4.79 Å².